The topological polar surface area (TPSA) is 55.6 Å². The van der Waals surface area contributed by atoms with Crippen LogP contribution in [0.2, 0.25) is 0 Å². The number of nitrogens with zero attached hydrogens (tertiary/aromatic N) is 1. The Hall–Kier alpha value is -1.55. The van der Waals surface area contributed by atoms with Crippen molar-refractivity contribution in [3.8, 4) is 5.75 Å². The molecule has 2 aliphatic heterocycles. The Kier molecular flexibility index (Phi) is 3.89. The van der Waals surface area contributed by atoms with Gasteiger partial charge in [0.15, 0.2) is 11.5 Å². The maximum Gasteiger partial charge on any atom is 0.170 e. The third-order valence-corrected chi connectivity index (χ3v) is 5.12. The number of ketones is 1. The Morgan fingerprint density at radius 2 is 2.00 bits per heavy atom. The van der Waals surface area contributed by atoms with Crippen molar-refractivity contribution >= 4 is 11.5 Å². The minimum atomic E-state index is -0.344. The molecule has 0 aliphatic carbocycles. The number of Topliss-reactive ketones (excluding diaryl/α,β-unsaturated/α-hetero) is 1. The van der Waals surface area contributed by atoms with Gasteiger partial charge in [0.1, 0.15) is 5.60 Å². The van der Waals surface area contributed by atoms with Crippen LogP contribution in [0.3, 0.4) is 0 Å². The van der Waals surface area contributed by atoms with E-state index in [4.69, 9.17) is 10.5 Å². The number of benzene rings is 1. The second-order valence-electron chi connectivity index (χ2n) is 6.96. The number of hydrogen-bond donors (Lipinski definition) is 1. The van der Waals surface area contributed by atoms with Crippen LogP contribution >= 0.6 is 0 Å². The van der Waals surface area contributed by atoms with Crippen molar-refractivity contribution in [1.82, 2.24) is 4.90 Å². The number of hydrogen-bond acceptors (Lipinski definition) is 4. The molecule has 3 rings (SSSR count). The summed E-state index contributed by atoms with van der Waals surface area (Å²) < 4.78 is 6.32. The summed E-state index contributed by atoms with van der Waals surface area (Å²) in [6.45, 7) is 9.42. The number of fused-ring (bicyclic) bond motifs is 1. The van der Waals surface area contributed by atoms with Crippen molar-refractivity contribution in [1.29, 1.82) is 0 Å². The Bertz CT molecular complexity index is 587. The molecular weight excluding hydrogens is 276 g/mol. The third-order valence-electron chi connectivity index (χ3n) is 5.12. The Balaban J connectivity index is 1.92. The molecular formula is C18H26N2O2. The molecule has 0 bridgehead atoms. The first kappa shape index (κ1) is 15.3. The van der Waals surface area contributed by atoms with Gasteiger partial charge in [-0.3, -0.25) is 4.79 Å². The van der Waals surface area contributed by atoms with E-state index in [-0.39, 0.29) is 11.4 Å². The molecule has 4 nitrogen and oxygen atoms in total. The molecule has 0 saturated carbocycles. The number of nitrogen functional groups attached to an aromatic ring is 1. The van der Waals surface area contributed by atoms with E-state index in [0.717, 1.165) is 38.0 Å². The molecule has 0 radical (unpaired) electrons. The predicted octanol–water partition coefficient (Wildman–Crippen LogP) is 3.21. The van der Waals surface area contributed by atoms with Crippen LogP contribution in [0.25, 0.3) is 0 Å². The SMILES string of the molecule is CCN1CCC2(CC1)CC(=O)c1cc(C(C)C)cc(N)c1O2. The van der Waals surface area contributed by atoms with Gasteiger partial charge in [-0.1, -0.05) is 20.8 Å². The van der Waals surface area contributed by atoms with Gasteiger partial charge >= 0.3 is 0 Å². The highest BCUT2D eigenvalue weighted by molar-refractivity contribution is 6.02. The van der Waals surface area contributed by atoms with Gasteiger partial charge in [0, 0.05) is 25.9 Å². The highest BCUT2D eigenvalue weighted by Crippen LogP contribution is 2.43. The lowest BCUT2D eigenvalue weighted by Crippen LogP contribution is -2.51. The highest BCUT2D eigenvalue weighted by atomic mass is 16.5. The van der Waals surface area contributed by atoms with Gasteiger partial charge in [-0.05, 0) is 30.2 Å². The normalized spacial score (nSPS) is 21.0. The third kappa shape index (κ3) is 2.60. The maximum atomic E-state index is 12.7. The molecule has 2 N–H and O–H groups in total. The zero-order valence-electron chi connectivity index (χ0n) is 13.8. The van der Waals surface area contributed by atoms with E-state index in [9.17, 15) is 4.79 Å². The molecule has 120 valence electrons. The quantitative estimate of drug-likeness (QED) is 0.852. The molecule has 4 heteroatoms. The summed E-state index contributed by atoms with van der Waals surface area (Å²) >= 11 is 0. The smallest absolute Gasteiger partial charge is 0.170 e. The summed E-state index contributed by atoms with van der Waals surface area (Å²) in [6.07, 6.45) is 2.29. The van der Waals surface area contributed by atoms with Gasteiger partial charge in [-0.15, -0.1) is 0 Å². The monoisotopic (exact) mass is 302 g/mol. The number of carbonyl (C=O) groups is 1. The minimum absolute atomic E-state index is 0.181. The molecule has 2 heterocycles. The molecule has 1 aromatic carbocycles. The molecule has 0 aromatic heterocycles. The van der Waals surface area contributed by atoms with E-state index in [1.807, 2.05) is 12.1 Å². The van der Waals surface area contributed by atoms with Gasteiger partial charge in [-0.25, -0.2) is 0 Å². The van der Waals surface area contributed by atoms with E-state index in [0.29, 0.717) is 29.3 Å². The van der Waals surface area contributed by atoms with Crippen LogP contribution in [0.1, 0.15) is 61.9 Å². The molecule has 0 atom stereocenters. The highest BCUT2D eigenvalue weighted by Gasteiger charge is 2.43. The molecule has 1 spiro atoms. The van der Waals surface area contributed by atoms with Crippen LogP contribution in [0, 0.1) is 0 Å². The van der Waals surface area contributed by atoms with Crippen LogP contribution < -0.4 is 10.5 Å². The number of likely N-dealkylation sites (tertiary alicyclic amines) is 1. The van der Waals surface area contributed by atoms with Crippen molar-refractivity contribution in [3.63, 3.8) is 0 Å². The van der Waals surface area contributed by atoms with E-state index >= 15 is 0 Å². The van der Waals surface area contributed by atoms with Gasteiger partial charge in [0.25, 0.3) is 0 Å². The molecule has 1 saturated heterocycles. The van der Waals surface area contributed by atoms with Crippen LogP contribution in [0.4, 0.5) is 5.69 Å². The Morgan fingerprint density at radius 3 is 2.59 bits per heavy atom. The van der Waals surface area contributed by atoms with Crippen LogP contribution in [0.15, 0.2) is 12.1 Å². The van der Waals surface area contributed by atoms with E-state index < -0.39 is 0 Å². The summed E-state index contributed by atoms with van der Waals surface area (Å²) in [6, 6.07) is 3.92. The molecule has 1 aromatic rings. The lowest BCUT2D eigenvalue weighted by atomic mass is 9.81. The zero-order chi connectivity index (χ0) is 15.9. The summed E-state index contributed by atoms with van der Waals surface area (Å²) in [5.41, 5.74) is 8.23. The standard InChI is InChI=1S/C18H26N2O2/c1-4-20-7-5-18(6-8-20)11-16(21)14-9-13(12(2)3)10-15(19)17(14)22-18/h9-10,12H,4-8,11,19H2,1-3H3. The number of nitrogens with two attached hydrogens (primary N) is 1. The van der Waals surface area contributed by atoms with Crippen LogP contribution in [-0.2, 0) is 0 Å². The van der Waals surface area contributed by atoms with Crippen molar-refractivity contribution < 1.29 is 9.53 Å². The van der Waals surface area contributed by atoms with Gasteiger partial charge in [0.2, 0.25) is 0 Å². The number of anilines is 1. The maximum absolute atomic E-state index is 12.7. The first-order chi connectivity index (χ1) is 10.4. The minimum Gasteiger partial charge on any atom is -0.484 e. The van der Waals surface area contributed by atoms with Crippen molar-refractivity contribution in [2.75, 3.05) is 25.4 Å². The summed E-state index contributed by atoms with van der Waals surface area (Å²) in [4.78, 5) is 15.1. The van der Waals surface area contributed by atoms with Crippen LogP contribution in [-0.4, -0.2) is 35.9 Å². The Morgan fingerprint density at radius 1 is 1.32 bits per heavy atom. The largest absolute Gasteiger partial charge is 0.484 e. The average Bonchev–Trinajstić information content (AvgIpc) is 2.49. The van der Waals surface area contributed by atoms with E-state index in [1.54, 1.807) is 0 Å². The number of ether oxygens (including phenoxy) is 1. The second kappa shape index (κ2) is 5.58. The van der Waals surface area contributed by atoms with Crippen LogP contribution in [0.5, 0.6) is 5.75 Å². The number of carbonyl (C=O) groups excluding carboxylic acids is 1. The lowest BCUT2D eigenvalue weighted by Gasteiger charge is -2.44. The molecule has 0 unspecified atom stereocenters. The first-order valence-corrected chi connectivity index (χ1v) is 8.32. The summed E-state index contributed by atoms with van der Waals surface area (Å²) in [7, 11) is 0. The summed E-state index contributed by atoms with van der Waals surface area (Å²) in [5.74, 6) is 1.15. The molecule has 1 fully saturated rings. The molecule has 2 aliphatic rings. The fourth-order valence-corrected chi connectivity index (χ4v) is 3.52. The van der Waals surface area contributed by atoms with Gasteiger partial charge in [0.05, 0.1) is 17.7 Å². The predicted molar refractivity (Wildman–Crippen MR) is 88.6 cm³/mol. The fourth-order valence-electron chi connectivity index (χ4n) is 3.52. The van der Waals surface area contributed by atoms with E-state index in [2.05, 4.69) is 25.7 Å². The first-order valence-electron chi connectivity index (χ1n) is 8.32. The Labute approximate surface area is 132 Å². The van der Waals surface area contributed by atoms with E-state index in [1.165, 1.54) is 0 Å². The average molecular weight is 302 g/mol. The fraction of sp³-hybridized carbons (Fsp3) is 0.611. The number of rotatable bonds is 2. The molecule has 0 amide bonds. The second-order valence-corrected chi connectivity index (χ2v) is 6.96. The van der Waals surface area contributed by atoms with Crippen molar-refractivity contribution in [2.45, 2.75) is 51.6 Å². The molecule has 22 heavy (non-hydrogen) atoms. The van der Waals surface area contributed by atoms with Gasteiger partial charge in [-0.2, -0.15) is 0 Å². The lowest BCUT2D eigenvalue weighted by molar-refractivity contribution is -0.00728. The van der Waals surface area contributed by atoms with Gasteiger partial charge < -0.3 is 15.4 Å². The number of piperidine rings is 1. The zero-order valence-corrected chi connectivity index (χ0v) is 13.8. The summed E-state index contributed by atoms with van der Waals surface area (Å²) in [5, 5.41) is 0. The van der Waals surface area contributed by atoms with Crippen molar-refractivity contribution in [2.24, 2.45) is 0 Å². The van der Waals surface area contributed by atoms with Crippen molar-refractivity contribution in [3.05, 3.63) is 23.3 Å².